The maximum absolute atomic E-state index is 6.28. The Bertz CT molecular complexity index is 278. The molecule has 0 aromatic heterocycles. The Labute approximate surface area is 126 Å². The lowest BCUT2D eigenvalue weighted by Gasteiger charge is -2.48. The van der Waals surface area contributed by atoms with Gasteiger partial charge in [0.15, 0.2) is 0 Å². The molecule has 1 saturated heterocycles. The first kappa shape index (κ1) is 18.6. The zero-order chi connectivity index (χ0) is 15.7. The third-order valence-corrected chi connectivity index (χ3v) is 19.5. The smallest absolute Gasteiger partial charge is 0.392 e. The van der Waals surface area contributed by atoms with Crippen LogP contribution in [0.5, 0.6) is 0 Å². The van der Waals surface area contributed by atoms with Gasteiger partial charge in [0.1, 0.15) is 0 Å². The van der Waals surface area contributed by atoms with E-state index >= 15 is 0 Å². The molecule has 0 radical (unpaired) electrons. The van der Waals surface area contributed by atoms with Gasteiger partial charge in [-0.2, -0.15) is 0 Å². The molecular formula is C8H28N4O4Si4. The van der Waals surface area contributed by atoms with Crippen LogP contribution >= 0.6 is 0 Å². The predicted octanol–water partition coefficient (Wildman–Crippen LogP) is -0.781. The Balaban J connectivity index is 3.18. The fraction of sp³-hybridized carbons (Fsp3) is 1.00. The molecule has 0 aromatic rings. The summed E-state index contributed by atoms with van der Waals surface area (Å²) in [6, 6.07) is 0. The van der Waals surface area contributed by atoms with Gasteiger partial charge in [0.25, 0.3) is 0 Å². The van der Waals surface area contributed by atoms with Crippen LogP contribution in [0.2, 0.25) is 26.2 Å². The maximum atomic E-state index is 6.28. The average molecular weight is 357 g/mol. The molecule has 0 aromatic carbocycles. The minimum Gasteiger partial charge on any atom is -0.392 e. The monoisotopic (exact) mass is 356 g/mol. The first-order valence-electron chi connectivity index (χ1n) is 6.63. The molecule has 1 rings (SSSR count). The van der Waals surface area contributed by atoms with Crippen LogP contribution in [-0.4, -0.2) is 63.1 Å². The highest BCUT2D eigenvalue weighted by Crippen LogP contribution is 2.25. The fourth-order valence-corrected chi connectivity index (χ4v) is 19.3. The largest absolute Gasteiger partial charge is 0.405 e. The van der Waals surface area contributed by atoms with Crippen LogP contribution in [0.25, 0.3) is 0 Å². The van der Waals surface area contributed by atoms with Crippen molar-refractivity contribution in [2.45, 2.75) is 26.2 Å². The van der Waals surface area contributed by atoms with Gasteiger partial charge >= 0.3 is 34.9 Å². The Morgan fingerprint density at radius 3 is 0.700 bits per heavy atom. The summed E-state index contributed by atoms with van der Waals surface area (Å²) in [6.07, 6.45) is 0. The molecule has 0 spiro atoms. The third kappa shape index (κ3) is 4.28. The van der Waals surface area contributed by atoms with E-state index in [2.05, 4.69) is 19.9 Å². The normalized spacial score (nSPS) is 46.8. The summed E-state index contributed by atoms with van der Waals surface area (Å²) in [5, 5.41) is 0. The zero-order valence-corrected chi connectivity index (χ0v) is 17.6. The fourth-order valence-electron chi connectivity index (χ4n) is 1.98. The second-order valence-electron chi connectivity index (χ2n) is 5.19. The lowest BCUT2D eigenvalue weighted by atomic mass is 11.6. The van der Waals surface area contributed by atoms with Crippen molar-refractivity contribution in [3.63, 3.8) is 0 Å². The quantitative estimate of drug-likeness (QED) is 0.488. The molecule has 0 amide bonds. The van der Waals surface area contributed by atoms with E-state index in [0.717, 1.165) is 0 Å². The van der Waals surface area contributed by atoms with Gasteiger partial charge in [-0.1, -0.05) is 0 Å². The van der Waals surface area contributed by atoms with Gasteiger partial charge in [-0.25, -0.2) is 0 Å². The van der Waals surface area contributed by atoms with E-state index in [4.69, 9.17) is 16.5 Å². The highest BCUT2D eigenvalue weighted by Gasteiger charge is 2.57. The molecule has 12 heteroatoms. The van der Waals surface area contributed by atoms with Crippen molar-refractivity contribution in [2.75, 3.05) is 28.2 Å². The molecule has 1 aliphatic rings. The molecule has 0 saturated carbocycles. The second kappa shape index (κ2) is 6.35. The molecule has 1 fully saturated rings. The van der Waals surface area contributed by atoms with Gasteiger partial charge < -0.3 is 16.5 Å². The van der Waals surface area contributed by atoms with Gasteiger partial charge in [0.2, 0.25) is 0 Å². The first-order chi connectivity index (χ1) is 9.07. The molecule has 20 heavy (non-hydrogen) atoms. The van der Waals surface area contributed by atoms with E-state index in [1.165, 1.54) is 0 Å². The number of hydrogen-bond acceptors (Lipinski definition) is 8. The van der Waals surface area contributed by atoms with Crippen LogP contribution in [0.3, 0.4) is 0 Å². The lowest BCUT2D eigenvalue weighted by molar-refractivity contribution is 0.203. The van der Waals surface area contributed by atoms with Gasteiger partial charge in [0.05, 0.1) is 0 Å². The molecule has 4 N–H and O–H groups in total. The Morgan fingerprint density at radius 2 is 0.600 bits per heavy atom. The van der Waals surface area contributed by atoms with Crippen LogP contribution in [-0.2, 0) is 16.5 Å². The van der Waals surface area contributed by atoms with Crippen LogP contribution in [0.4, 0.5) is 0 Å². The maximum Gasteiger partial charge on any atom is 0.405 e. The highest BCUT2D eigenvalue weighted by atomic mass is 28.5. The van der Waals surface area contributed by atoms with Crippen molar-refractivity contribution >= 4 is 34.9 Å². The Morgan fingerprint density at radius 1 is 0.450 bits per heavy atom. The minimum atomic E-state index is -2.59. The highest BCUT2D eigenvalue weighted by molar-refractivity contribution is 6.91. The topological polar surface area (TPSA) is 85.0 Å². The van der Waals surface area contributed by atoms with Crippen molar-refractivity contribution in [3.8, 4) is 0 Å². The number of rotatable bonds is 4. The molecule has 0 aliphatic carbocycles. The molecule has 1 aliphatic heterocycles. The van der Waals surface area contributed by atoms with E-state index in [9.17, 15) is 0 Å². The van der Waals surface area contributed by atoms with E-state index < -0.39 is 34.9 Å². The summed E-state index contributed by atoms with van der Waals surface area (Å²) in [5.74, 6) is 0. The summed E-state index contributed by atoms with van der Waals surface area (Å²) in [7, 11) is -2.97. The van der Waals surface area contributed by atoms with E-state index in [1.807, 2.05) is 54.4 Å². The number of hydrogen-bond donors (Lipinski definition) is 4. The van der Waals surface area contributed by atoms with Gasteiger partial charge in [-0.05, 0) is 54.4 Å². The molecule has 0 bridgehead atoms. The van der Waals surface area contributed by atoms with Crippen molar-refractivity contribution in [2.24, 2.45) is 0 Å². The zero-order valence-electron chi connectivity index (χ0n) is 13.6. The molecular weight excluding hydrogens is 328 g/mol. The van der Waals surface area contributed by atoms with E-state index in [0.29, 0.717) is 0 Å². The van der Waals surface area contributed by atoms with Crippen molar-refractivity contribution in [3.05, 3.63) is 0 Å². The average Bonchev–Trinajstić information content (AvgIpc) is 2.36. The van der Waals surface area contributed by atoms with Gasteiger partial charge in [-0.3, -0.25) is 19.9 Å². The number of nitrogens with one attached hydrogen (secondary N) is 4. The summed E-state index contributed by atoms with van der Waals surface area (Å²) < 4.78 is 25.1. The van der Waals surface area contributed by atoms with Crippen molar-refractivity contribution < 1.29 is 16.5 Å². The standard InChI is InChI=1S/C8H28N4O4Si4/c1-9-17(5)13-18(6,10-2)15-20(8,12-4)16-19(7,11-3)14-17/h9-12H,1-8H3. The first-order valence-corrected chi connectivity index (χ1v) is 15.9. The lowest BCUT2D eigenvalue weighted by Crippen LogP contribution is -2.78. The van der Waals surface area contributed by atoms with E-state index in [1.54, 1.807) is 0 Å². The Hall–Kier alpha value is 0.548. The van der Waals surface area contributed by atoms with Crippen molar-refractivity contribution in [1.29, 1.82) is 0 Å². The van der Waals surface area contributed by atoms with E-state index in [-0.39, 0.29) is 0 Å². The molecule has 0 unspecified atom stereocenters. The predicted molar refractivity (Wildman–Crippen MR) is 87.1 cm³/mol. The molecule has 8 nitrogen and oxygen atoms in total. The second-order valence-corrected chi connectivity index (χ2v) is 18.0. The summed E-state index contributed by atoms with van der Waals surface area (Å²) in [5.41, 5.74) is 0. The van der Waals surface area contributed by atoms with Crippen LogP contribution in [0.1, 0.15) is 0 Å². The van der Waals surface area contributed by atoms with Crippen LogP contribution < -0.4 is 19.9 Å². The summed E-state index contributed by atoms with van der Waals surface area (Å²) in [4.78, 5) is 12.8. The van der Waals surface area contributed by atoms with Gasteiger partial charge in [0, 0.05) is 0 Å². The molecule has 120 valence electrons. The van der Waals surface area contributed by atoms with Crippen LogP contribution in [0.15, 0.2) is 0 Å². The molecule has 1 heterocycles. The van der Waals surface area contributed by atoms with Crippen molar-refractivity contribution in [1.82, 2.24) is 19.9 Å². The van der Waals surface area contributed by atoms with Crippen LogP contribution in [0, 0.1) is 0 Å². The Kier molecular flexibility index (Phi) is 5.90. The summed E-state index contributed by atoms with van der Waals surface area (Å²) in [6.45, 7) is 7.87. The SMILES string of the molecule is CN[Si]1(C)O[Si](C)(NC)O[Si](C)(NC)O[Si](C)(NC)O1. The molecule has 0 atom stereocenters. The third-order valence-electron chi connectivity index (χ3n) is 3.37. The minimum absolute atomic E-state index is 1.84. The van der Waals surface area contributed by atoms with Gasteiger partial charge in [-0.15, -0.1) is 0 Å². The summed E-state index contributed by atoms with van der Waals surface area (Å²) >= 11 is 0.